The average molecular weight is 416 g/mol. The summed E-state index contributed by atoms with van der Waals surface area (Å²) < 4.78 is 5.54. The Morgan fingerprint density at radius 1 is 1.15 bits per heavy atom. The normalized spacial score (nSPS) is 18.5. The molecular formula is C19H21Cl3N2O2. The van der Waals surface area contributed by atoms with Crippen LogP contribution in [0.15, 0.2) is 36.4 Å². The Bertz CT molecular complexity index is 798. The highest BCUT2D eigenvalue weighted by Gasteiger charge is 2.27. The number of ether oxygens (including phenoxy) is 1. The Balaban J connectivity index is 0.00000243. The standard InChI is InChI=1S/C19H20Cl2N2O2.ClH/c1-23-19(24)10-25-12-3-4-14-13(5-7-18(22)15(14)9-12)11-2-6-16(20)17(21)8-11;/h2-4,6,8-9,13,18H,5,7,10,22H2,1H3,(H,23,24);1H/t13-,18?;/m0./s1. The quantitative estimate of drug-likeness (QED) is 0.774. The van der Waals surface area contributed by atoms with Gasteiger partial charge >= 0.3 is 0 Å². The van der Waals surface area contributed by atoms with Crippen LogP contribution in [-0.2, 0) is 4.79 Å². The van der Waals surface area contributed by atoms with Gasteiger partial charge in [0.05, 0.1) is 10.0 Å². The van der Waals surface area contributed by atoms with Gasteiger partial charge in [0, 0.05) is 19.0 Å². The van der Waals surface area contributed by atoms with E-state index in [-0.39, 0.29) is 36.9 Å². The first-order valence-electron chi connectivity index (χ1n) is 8.17. The molecule has 0 saturated carbocycles. The van der Waals surface area contributed by atoms with Gasteiger partial charge in [0.25, 0.3) is 5.91 Å². The van der Waals surface area contributed by atoms with Crippen molar-refractivity contribution in [2.45, 2.75) is 24.8 Å². The van der Waals surface area contributed by atoms with Crippen LogP contribution in [0.4, 0.5) is 0 Å². The third-order valence-electron chi connectivity index (χ3n) is 4.59. The first-order valence-corrected chi connectivity index (χ1v) is 8.93. The molecule has 0 aromatic heterocycles. The Labute approximate surface area is 169 Å². The Morgan fingerprint density at radius 3 is 2.62 bits per heavy atom. The van der Waals surface area contributed by atoms with Crippen LogP contribution in [0.25, 0.3) is 0 Å². The minimum absolute atomic E-state index is 0. The summed E-state index contributed by atoms with van der Waals surface area (Å²) >= 11 is 12.2. The molecule has 0 heterocycles. The van der Waals surface area contributed by atoms with Crippen LogP contribution >= 0.6 is 35.6 Å². The summed E-state index contributed by atoms with van der Waals surface area (Å²) in [5.74, 6) is 0.695. The SMILES string of the molecule is CNC(=O)COc1ccc2c(c1)C(N)CC[C@H]2c1ccc(Cl)c(Cl)c1.Cl. The number of amides is 1. The number of carbonyl (C=O) groups excluding carboxylic acids is 1. The first-order chi connectivity index (χ1) is 12.0. The van der Waals surface area contributed by atoms with Gasteiger partial charge in [-0.3, -0.25) is 4.79 Å². The molecule has 7 heteroatoms. The highest BCUT2D eigenvalue weighted by molar-refractivity contribution is 6.42. The lowest BCUT2D eigenvalue weighted by molar-refractivity contribution is -0.122. The van der Waals surface area contributed by atoms with E-state index < -0.39 is 0 Å². The number of fused-ring (bicyclic) bond motifs is 1. The minimum Gasteiger partial charge on any atom is -0.484 e. The summed E-state index contributed by atoms with van der Waals surface area (Å²) in [6, 6.07) is 11.6. The molecule has 2 aromatic carbocycles. The van der Waals surface area contributed by atoms with Gasteiger partial charge in [-0.2, -0.15) is 0 Å². The smallest absolute Gasteiger partial charge is 0.257 e. The molecule has 0 fully saturated rings. The van der Waals surface area contributed by atoms with Gasteiger partial charge in [-0.25, -0.2) is 0 Å². The lowest BCUT2D eigenvalue weighted by Gasteiger charge is -2.30. The number of benzene rings is 2. The van der Waals surface area contributed by atoms with Crippen molar-refractivity contribution >= 4 is 41.5 Å². The van der Waals surface area contributed by atoms with Crippen LogP contribution in [-0.4, -0.2) is 19.6 Å². The molecule has 140 valence electrons. The lowest BCUT2D eigenvalue weighted by Crippen LogP contribution is -2.25. The topological polar surface area (TPSA) is 64.3 Å². The molecule has 1 aliphatic carbocycles. The summed E-state index contributed by atoms with van der Waals surface area (Å²) in [5.41, 5.74) is 9.66. The zero-order valence-electron chi connectivity index (χ0n) is 14.3. The van der Waals surface area contributed by atoms with Crippen molar-refractivity contribution < 1.29 is 9.53 Å². The largest absolute Gasteiger partial charge is 0.484 e. The van der Waals surface area contributed by atoms with Crippen molar-refractivity contribution in [3.8, 4) is 5.75 Å². The summed E-state index contributed by atoms with van der Waals surface area (Å²) in [6.07, 6.45) is 1.82. The van der Waals surface area contributed by atoms with E-state index in [9.17, 15) is 4.79 Å². The maximum atomic E-state index is 11.4. The molecule has 0 radical (unpaired) electrons. The number of rotatable bonds is 4. The molecule has 1 unspecified atom stereocenters. The maximum absolute atomic E-state index is 11.4. The first kappa shape index (κ1) is 20.8. The molecule has 3 N–H and O–H groups in total. The van der Waals surface area contributed by atoms with Crippen molar-refractivity contribution in [2.75, 3.05) is 13.7 Å². The number of likely N-dealkylation sites (N-methyl/N-ethyl adjacent to an activating group) is 1. The molecule has 4 nitrogen and oxygen atoms in total. The lowest BCUT2D eigenvalue weighted by atomic mass is 9.77. The predicted molar refractivity (Wildman–Crippen MR) is 108 cm³/mol. The number of nitrogens with two attached hydrogens (primary N) is 1. The molecule has 26 heavy (non-hydrogen) atoms. The summed E-state index contributed by atoms with van der Waals surface area (Å²) in [6.45, 7) is -0.0131. The molecule has 1 amide bonds. The highest BCUT2D eigenvalue weighted by Crippen LogP contribution is 2.42. The second-order valence-electron chi connectivity index (χ2n) is 6.16. The van der Waals surface area contributed by atoms with Gasteiger partial charge < -0.3 is 15.8 Å². The third kappa shape index (κ3) is 4.44. The molecule has 0 aliphatic heterocycles. The fourth-order valence-electron chi connectivity index (χ4n) is 3.23. The van der Waals surface area contributed by atoms with E-state index in [0.29, 0.717) is 15.8 Å². The van der Waals surface area contributed by atoms with E-state index in [4.69, 9.17) is 33.7 Å². The molecule has 0 spiro atoms. The number of carbonyl (C=O) groups is 1. The second-order valence-corrected chi connectivity index (χ2v) is 6.98. The van der Waals surface area contributed by atoms with Gasteiger partial charge in [0.1, 0.15) is 5.75 Å². The zero-order chi connectivity index (χ0) is 18.0. The van der Waals surface area contributed by atoms with Crippen LogP contribution in [0.1, 0.15) is 41.5 Å². The Hall–Kier alpha value is -1.46. The fourth-order valence-corrected chi connectivity index (χ4v) is 3.54. The van der Waals surface area contributed by atoms with E-state index >= 15 is 0 Å². The molecule has 2 atom stereocenters. The average Bonchev–Trinajstić information content (AvgIpc) is 2.62. The fraction of sp³-hybridized carbons (Fsp3) is 0.316. The van der Waals surface area contributed by atoms with Crippen molar-refractivity contribution in [3.05, 3.63) is 63.1 Å². The molecule has 0 bridgehead atoms. The van der Waals surface area contributed by atoms with E-state index in [1.54, 1.807) is 7.05 Å². The van der Waals surface area contributed by atoms with Crippen molar-refractivity contribution in [1.29, 1.82) is 0 Å². The van der Waals surface area contributed by atoms with Crippen molar-refractivity contribution in [2.24, 2.45) is 5.73 Å². The van der Waals surface area contributed by atoms with Gasteiger partial charge in [-0.1, -0.05) is 35.3 Å². The highest BCUT2D eigenvalue weighted by atomic mass is 35.5. The summed E-state index contributed by atoms with van der Waals surface area (Å²) in [5, 5.41) is 3.64. The van der Waals surface area contributed by atoms with Gasteiger partial charge in [-0.05, 0) is 53.8 Å². The van der Waals surface area contributed by atoms with Crippen molar-refractivity contribution in [3.63, 3.8) is 0 Å². The van der Waals surface area contributed by atoms with E-state index in [1.807, 2.05) is 36.4 Å². The van der Waals surface area contributed by atoms with E-state index in [1.165, 1.54) is 5.56 Å². The number of hydrogen-bond donors (Lipinski definition) is 2. The second kappa shape index (κ2) is 8.96. The number of halogens is 3. The molecule has 0 saturated heterocycles. The van der Waals surface area contributed by atoms with Gasteiger partial charge in [0.15, 0.2) is 6.61 Å². The summed E-state index contributed by atoms with van der Waals surface area (Å²) in [4.78, 5) is 11.4. The van der Waals surface area contributed by atoms with Gasteiger partial charge in [-0.15, -0.1) is 12.4 Å². The Morgan fingerprint density at radius 2 is 1.92 bits per heavy atom. The Kier molecular flexibility index (Phi) is 7.18. The zero-order valence-corrected chi connectivity index (χ0v) is 16.6. The summed E-state index contributed by atoms with van der Waals surface area (Å²) in [7, 11) is 1.58. The van der Waals surface area contributed by atoms with Crippen LogP contribution in [0.3, 0.4) is 0 Å². The minimum atomic E-state index is -0.171. The molecular weight excluding hydrogens is 395 g/mol. The van der Waals surface area contributed by atoms with E-state index in [0.717, 1.165) is 24.0 Å². The molecule has 2 aromatic rings. The molecule has 1 aliphatic rings. The monoisotopic (exact) mass is 414 g/mol. The number of hydrogen-bond acceptors (Lipinski definition) is 3. The molecule has 3 rings (SSSR count). The van der Waals surface area contributed by atoms with Crippen LogP contribution in [0, 0.1) is 0 Å². The van der Waals surface area contributed by atoms with E-state index in [2.05, 4.69) is 5.32 Å². The van der Waals surface area contributed by atoms with Gasteiger partial charge in [0.2, 0.25) is 0 Å². The van der Waals surface area contributed by atoms with Crippen LogP contribution < -0.4 is 15.8 Å². The third-order valence-corrected chi connectivity index (χ3v) is 5.33. The predicted octanol–water partition coefficient (Wildman–Crippen LogP) is 4.47. The number of nitrogens with one attached hydrogen (secondary N) is 1. The van der Waals surface area contributed by atoms with Crippen molar-refractivity contribution in [1.82, 2.24) is 5.32 Å². The van der Waals surface area contributed by atoms with Crippen LogP contribution in [0.5, 0.6) is 5.75 Å². The maximum Gasteiger partial charge on any atom is 0.257 e. The van der Waals surface area contributed by atoms with Crippen LogP contribution in [0.2, 0.25) is 10.0 Å².